The van der Waals surface area contributed by atoms with Crippen LogP contribution in [0.3, 0.4) is 0 Å². The van der Waals surface area contributed by atoms with Crippen molar-refractivity contribution in [3.05, 3.63) is 77.6 Å². The zero-order valence-corrected chi connectivity index (χ0v) is 19.5. The highest BCUT2D eigenvalue weighted by molar-refractivity contribution is 7.10. The summed E-state index contributed by atoms with van der Waals surface area (Å²) < 4.78 is 5.06. The Labute approximate surface area is 203 Å². The van der Waals surface area contributed by atoms with E-state index >= 15 is 0 Å². The van der Waals surface area contributed by atoms with E-state index in [4.69, 9.17) is 16.3 Å². The van der Waals surface area contributed by atoms with E-state index in [1.807, 2.05) is 5.38 Å². The topological polar surface area (TPSA) is 129 Å². The number of methoxy groups -OCH3 is 1. The van der Waals surface area contributed by atoms with Crippen molar-refractivity contribution >= 4 is 40.2 Å². The summed E-state index contributed by atoms with van der Waals surface area (Å²) in [5.74, 6) is -0.244. The van der Waals surface area contributed by atoms with Gasteiger partial charge in [-0.15, -0.1) is 11.3 Å². The fraction of sp³-hybridized carbons (Fsp3) is 0.273. The molecule has 0 unspecified atom stereocenters. The Morgan fingerprint density at radius 3 is 2.56 bits per heavy atom. The summed E-state index contributed by atoms with van der Waals surface area (Å²) in [5, 5.41) is 25.5. The molecule has 10 nitrogen and oxygen atoms in total. The van der Waals surface area contributed by atoms with Gasteiger partial charge in [0.1, 0.15) is 10.6 Å². The average Bonchev–Trinajstić information content (AvgIpc) is 3.33. The molecule has 0 aliphatic carbocycles. The maximum absolute atomic E-state index is 13.0. The van der Waals surface area contributed by atoms with E-state index in [1.54, 1.807) is 17.0 Å². The van der Waals surface area contributed by atoms with Crippen LogP contribution in [0.4, 0.5) is 11.4 Å². The molecule has 0 radical (unpaired) electrons. The number of benzene rings is 2. The number of carbonyl (C=O) groups excluding carboxylic acids is 1. The highest BCUT2D eigenvalue weighted by Gasteiger charge is 2.32. The molecular formula is C22H19ClN4O6S. The number of nitrogens with zero attached hydrogens (tertiary/aromatic N) is 4. The number of rotatable bonds is 6. The molecule has 1 saturated heterocycles. The van der Waals surface area contributed by atoms with Gasteiger partial charge in [-0.1, -0.05) is 23.7 Å². The number of ether oxygens (including phenoxy) is 1. The summed E-state index contributed by atoms with van der Waals surface area (Å²) in [6, 6.07) is 9.03. The molecule has 0 atom stereocenters. The number of hydrogen-bond donors (Lipinski definition) is 0. The molecule has 176 valence electrons. The van der Waals surface area contributed by atoms with Gasteiger partial charge in [0.25, 0.3) is 11.6 Å². The third-order valence-electron chi connectivity index (χ3n) is 5.72. The SMILES string of the molecule is COc1cccc(C(=O)N2CCC(c3nc(-c4ccc(Cl)c([N+](=O)[O-])c4)cs3)CC2)c1[N+](=O)[O-]. The molecule has 1 amide bonds. The van der Waals surface area contributed by atoms with E-state index in [0.29, 0.717) is 37.2 Å². The van der Waals surface area contributed by atoms with Crippen LogP contribution in [0.5, 0.6) is 5.75 Å². The highest BCUT2D eigenvalue weighted by Crippen LogP contribution is 2.36. The Balaban J connectivity index is 1.47. The molecule has 34 heavy (non-hydrogen) atoms. The number of aromatic nitrogens is 1. The minimum Gasteiger partial charge on any atom is -0.490 e. The lowest BCUT2D eigenvalue weighted by Crippen LogP contribution is -2.38. The fourth-order valence-corrected chi connectivity index (χ4v) is 5.15. The fourth-order valence-electron chi connectivity index (χ4n) is 3.97. The van der Waals surface area contributed by atoms with Crippen LogP contribution in [0.1, 0.15) is 34.1 Å². The van der Waals surface area contributed by atoms with Gasteiger partial charge in [-0.2, -0.15) is 0 Å². The minimum absolute atomic E-state index is 0.00340. The van der Waals surface area contributed by atoms with Crippen molar-refractivity contribution in [1.29, 1.82) is 0 Å². The van der Waals surface area contributed by atoms with Crippen molar-refractivity contribution in [1.82, 2.24) is 9.88 Å². The van der Waals surface area contributed by atoms with Gasteiger partial charge in [-0.3, -0.25) is 25.0 Å². The first-order valence-corrected chi connectivity index (χ1v) is 11.6. The lowest BCUT2D eigenvalue weighted by Gasteiger charge is -2.31. The second-order valence-corrected chi connectivity index (χ2v) is 8.97. The van der Waals surface area contributed by atoms with Crippen molar-refractivity contribution in [2.45, 2.75) is 18.8 Å². The Bertz CT molecular complexity index is 1270. The number of nitro benzene ring substituents is 2. The van der Waals surface area contributed by atoms with Gasteiger partial charge in [0.05, 0.1) is 27.7 Å². The van der Waals surface area contributed by atoms with E-state index in [1.165, 1.54) is 42.7 Å². The Morgan fingerprint density at radius 2 is 1.91 bits per heavy atom. The van der Waals surface area contributed by atoms with Crippen molar-refractivity contribution in [3.63, 3.8) is 0 Å². The second-order valence-electron chi connectivity index (χ2n) is 7.67. The third-order valence-corrected chi connectivity index (χ3v) is 7.05. The zero-order valence-electron chi connectivity index (χ0n) is 18.0. The van der Waals surface area contributed by atoms with Crippen molar-refractivity contribution in [2.75, 3.05) is 20.2 Å². The van der Waals surface area contributed by atoms with Crippen molar-refractivity contribution in [3.8, 4) is 17.0 Å². The molecule has 1 aromatic heterocycles. The number of carbonyl (C=O) groups is 1. The smallest absolute Gasteiger partial charge is 0.323 e. The van der Waals surface area contributed by atoms with Crippen LogP contribution in [0.2, 0.25) is 5.02 Å². The van der Waals surface area contributed by atoms with E-state index in [2.05, 4.69) is 4.98 Å². The number of nitro groups is 2. The Kier molecular flexibility index (Phi) is 6.75. The molecule has 1 aliphatic rings. The van der Waals surface area contributed by atoms with Gasteiger partial charge in [0.15, 0.2) is 5.75 Å². The van der Waals surface area contributed by atoms with Crippen molar-refractivity contribution in [2.24, 2.45) is 0 Å². The maximum Gasteiger partial charge on any atom is 0.323 e. The van der Waals surface area contributed by atoms with E-state index in [9.17, 15) is 25.0 Å². The lowest BCUT2D eigenvalue weighted by atomic mass is 9.96. The first-order chi connectivity index (χ1) is 16.3. The van der Waals surface area contributed by atoms with Gasteiger partial charge in [-0.05, 0) is 31.0 Å². The van der Waals surface area contributed by atoms with Gasteiger partial charge >= 0.3 is 5.69 Å². The predicted molar refractivity (Wildman–Crippen MR) is 127 cm³/mol. The largest absolute Gasteiger partial charge is 0.490 e. The molecule has 1 fully saturated rings. The van der Waals surface area contributed by atoms with Crippen LogP contribution in [0, 0.1) is 20.2 Å². The molecular weight excluding hydrogens is 484 g/mol. The second kappa shape index (κ2) is 9.74. The molecule has 12 heteroatoms. The van der Waals surface area contributed by atoms with Crippen LogP contribution in [-0.4, -0.2) is 45.8 Å². The number of halogens is 1. The lowest BCUT2D eigenvalue weighted by molar-refractivity contribution is -0.386. The highest BCUT2D eigenvalue weighted by atomic mass is 35.5. The molecule has 0 spiro atoms. The first-order valence-electron chi connectivity index (χ1n) is 10.3. The number of para-hydroxylation sites is 1. The van der Waals surface area contributed by atoms with Crippen LogP contribution in [0.25, 0.3) is 11.3 Å². The number of thiazole rings is 1. The van der Waals surface area contributed by atoms with Crippen molar-refractivity contribution < 1.29 is 19.4 Å². The summed E-state index contributed by atoms with van der Waals surface area (Å²) in [4.78, 5) is 40.9. The summed E-state index contributed by atoms with van der Waals surface area (Å²) in [6.07, 6.45) is 1.30. The number of piperidine rings is 1. The number of likely N-dealkylation sites (tertiary alicyclic amines) is 1. The molecule has 0 bridgehead atoms. The molecule has 1 aliphatic heterocycles. The van der Waals surface area contributed by atoms with Gasteiger partial charge in [0.2, 0.25) is 0 Å². The monoisotopic (exact) mass is 502 g/mol. The molecule has 0 saturated carbocycles. The predicted octanol–water partition coefficient (Wildman–Crippen LogP) is 5.31. The molecule has 2 heterocycles. The summed E-state index contributed by atoms with van der Waals surface area (Å²) in [6.45, 7) is 0.860. The molecule has 0 N–H and O–H groups in total. The summed E-state index contributed by atoms with van der Waals surface area (Å²) >= 11 is 7.36. The normalized spacial score (nSPS) is 14.1. The average molecular weight is 503 g/mol. The Morgan fingerprint density at radius 1 is 1.18 bits per heavy atom. The maximum atomic E-state index is 13.0. The number of amides is 1. The van der Waals surface area contributed by atoms with E-state index < -0.39 is 15.8 Å². The minimum atomic E-state index is -0.600. The first kappa shape index (κ1) is 23.6. The molecule has 2 aromatic carbocycles. The zero-order chi connectivity index (χ0) is 24.4. The summed E-state index contributed by atoms with van der Waals surface area (Å²) in [7, 11) is 1.33. The molecule has 4 rings (SSSR count). The van der Waals surface area contributed by atoms with E-state index in [-0.39, 0.29) is 33.6 Å². The summed E-state index contributed by atoms with van der Waals surface area (Å²) in [5.41, 5.74) is 0.733. The number of hydrogen-bond acceptors (Lipinski definition) is 8. The van der Waals surface area contributed by atoms with Gasteiger partial charge in [0, 0.05) is 36.0 Å². The van der Waals surface area contributed by atoms with Gasteiger partial charge in [-0.25, -0.2) is 4.98 Å². The third kappa shape index (κ3) is 4.57. The van der Waals surface area contributed by atoms with Crippen LogP contribution < -0.4 is 4.74 Å². The van der Waals surface area contributed by atoms with Crippen LogP contribution >= 0.6 is 22.9 Å². The standard InChI is InChI=1S/C22H19ClN4O6S/c1-33-19-4-2-3-15(20(19)27(31)32)22(28)25-9-7-13(8-10-25)21-24-17(12-34-21)14-5-6-16(23)18(11-14)26(29)30/h2-6,11-13H,7-10H2,1H3. The van der Waals surface area contributed by atoms with Crippen LogP contribution in [0.15, 0.2) is 41.8 Å². The molecule has 3 aromatic rings. The van der Waals surface area contributed by atoms with Crippen LogP contribution in [-0.2, 0) is 0 Å². The van der Waals surface area contributed by atoms with E-state index in [0.717, 1.165) is 5.01 Å². The quantitative estimate of drug-likeness (QED) is 0.330. The Hall–Kier alpha value is -3.57. The van der Waals surface area contributed by atoms with Gasteiger partial charge < -0.3 is 9.64 Å².